The van der Waals surface area contributed by atoms with Crippen LogP contribution in [0.2, 0.25) is 0 Å². The molecule has 10 heteroatoms. The van der Waals surface area contributed by atoms with Crippen molar-refractivity contribution in [2.24, 2.45) is 11.7 Å². The minimum absolute atomic E-state index is 0.0166. The van der Waals surface area contributed by atoms with Crippen molar-refractivity contribution in [3.8, 4) is 5.75 Å². The van der Waals surface area contributed by atoms with E-state index in [1.807, 2.05) is 0 Å². The van der Waals surface area contributed by atoms with E-state index in [-0.39, 0.29) is 17.2 Å². The number of phosphoric acid groups is 1. The standard InChI is InChI=1S/C24H33F3NO5P/c1-3-4-5-16-6-10-19(11-7-16)33-21-13-8-17-14-18(23(2,28)15-32-34(29,30)31)9-12-20(17)22(21)24(25,26)27/h8-9,12-14,16,19H,3-7,10-11,15,28H2,1-2H3,(H2,29,30,31)/t16?,19?,23-/m0/s1. The number of unbranched alkanes of at least 4 members (excludes halogenated alkanes) is 1. The van der Waals surface area contributed by atoms with Gasteiger partial charge in [-0.2, -0.15) is 13.2 Å². The molecule has 1 saturated carbocycles. The molecular weight excluding hydrogens is 470 g/mol. The van der Waals surface area contributed by atoms with Gasteiger partial charge in [0, 0.05) is 0 Å². The fraction of sp³-hybridized carbons (Fsp3) is 0.583. The molecule has 0 radical (unpaired) electrons. The van der Waals surface area contributed by atoms with Crippen LogP contribution in [0.15, 0.2) is 30.3 Å². The zero-order chi connectivity index (χ0) is 25.1. The summed E-state index contributed by atoms with van der Waals surface area (Å²) in [5.74, 6) is 0.446. The predicted molar refractivity (Wildman–Crippen MR) is 124 cm³/mol. The number of rotatable bonds is 9. The largest absolute Gasteiger partial charge is 0.490 e. The molecule has 1 fully saturated rings. The molecule has 190 valence electrons. The van der Waals surface area contributed by atoms with E-state index in [0.717, 1.165) is 38.5 Å². The van der Waals surface area contributed by atoms with E-state index >= 15 is 0 Å². The molecular formula is C24H33F3NO5P. The van der Waals surface area contributed by atoms with Gasteiger partial charge in [0.25, 0.3) is 0 Å². The molecule has 0 aliphatic heterocycles. The Labute approximate surface area is 197 Å². The molecule has 0 unspecified atom stereocenters. The monoisotopic (exact) mass is 503 g/mol. The topological polar surface area (TPSA) is 102 Å². The van der Waals surface area contributed by atoms with Gasteiger partial charge in [0.2, 0.25) is 0 Å². The van der Waals surface area contributed by atoms with Crippen LogP contribution in [0.3, 0.4) is 0 Å². The minimum atomic E-state index is -4.74. The van der Waals surface area contributed by atoms with Gasteiger partial charge in [0.15, 0.2) is 0 Å². The Kier molecular flexibility index (Phi) is 8.36. The lowest BCUT2D eigenvalue weighted by Crippen LogP contribution is -2.37. The van der Waals surface area contributed by atoms with Gasteiger partial charge >= 0.3 is 14.0 Å². The zero-order valence-corrected chi connectivity index (χ0v) is 20.4. The van der Waals surface area contributed by atoms with Gasteiger partial charge < -0.3 is 20.3 Å². The highest BCUT2D eigenvalue weighted by atomic mass is 31.2. The Morgan fingerprint density at radius 3 is 2.38 bits per heavy atom. The van der Waals surface area contributed by atoms with Crippen LogP contribution in [0.4, 0.5) is 13.2 Å². The van der Waals surface area contributed by atoms with E-state index < -0.39 is 31.7 Å². The second kappa shape index (κ2) is 10.5. The van der Waals surface area contributed by atoms with E-state index in [4.69, 9.17) is 20.3 Å². The summed E-state index contributed by atoms with van der Waals surface area (Å²) in [7, 11) is -4.74. The molecule has 1 atom stereocenters. The minimum Gasteiger partial charge on any atom is -0.490 e. The molecule has 0 aromatic heterocycles. The molecule has 0 amide bonds. The normalized spacial score (nSPS) is 21.4. The van der Waals surface area contributed by atoms with Crippen LogP contribution in [0.5, 0.6) is 5.75 Å². The first-order valence-corrected chi connectivity index (χ1v) is 13.1. The van der Waals surface area contributed by atoms with Crippen molar-refractivity contribution in [1.29, 1.82) is 0 Å². The smallest absolute Gasteiger partial charge is 0.469 e. The summed E-state index contributed by atoms with van der Waals surface area (Å²) in [6.45, 7) is 3.14. The van der Waals surface area contributed by atoms with E-state index in [2.05, 4.69) is 11.4 Å². The zero-order valence-electron chi connectivity index (χ0n) is 19.5. The highest BCUT2D eigenvalue weighted by Gasteiger charge is 2.38. The molecule has 4 N–H and O–H groups in total. The van der Waals surface area contributed by atoms with E-state index in [0.29, 0.717) is 16.9 Å². The molecule has 3 rings (SSSR count). The number of nitrogens with two attached hydrogens (primary N) is 1. The lowest BCUT2D eigenvalue weighted by atomic mass is 9.84. The number of ether oxygens (including phenoxy) is 1. The van der Waals surface area contributed by atoms with Gasteiger partial charge in [-0.25, -0.2) is 4.57 Å². The molecule has 1 aliphatic carbocycles. The third-order valence-corrected chi connectivity index (χ3v) is 6.98. The summed E-state index contributed by atoms with van der Waals surface area (Å²) < 4.78 is 63.8. The van der Waals surface area contributed by atoms with E-state index in [9.17, 15) is 17.7 Å². The lowest BCUT2D eigenvalue weighted by molar-refractivity contribution is -0.138. The SMILES string of the molecule is CCCCC1CCC(Oc2ccc3cc([C@@](C)(N)COP(=O)(O)O)ccc3c2C(F)(F)F)CC1. The average molecular weight is 503 g/mol. The van der Waals surface area contributed by atoms with Crippen molar-refractivity contribution in [1.82, 2.24) is 0 Å². The number of phosphoric ester groups is 1. The quantitative estimate of drug-likeness (QED) is 0.349. The lowest BCUT2D eigenvalue weighted by Gasteiger charge is -2.30. The van der Waals surface area contributed by atoms with Crippen LogP contribution in [0.25, 0.3) is 10.8 Å². The second-order valence-electron chi connectivity index (χ2n) is 9.46. The van der Waals surface area contributed by atoms with Crippen molar-refractivity contribution in [2.45, 2.75) is 76.6 Å². The second-order valence-corrected chi connectivity index (χ2v) is 10.7. The maximum Gasteiger partial charge on any atom is 0.469 e. The molecule has 34 heavy (non-hydrogen) atoms. The molecule has 2 aromatic rings. The Morgan fingerprint density at radius 1 is 1.12 bits per heavy atom. The van der Waals surface area contributed by atoms with E-state index in [1.54, 1.807) is 6.07 Å². The number of fused-ring (bicyclic) bond motifs is 1. The van der Waals surface area contributed by atoms with Crippen LogP contribution in [0, 0.1) is 5.92 Å². The predicted octanol–water partition coefficient (Wildman–Crippen LogP) is 6.27. The summed E-state index contributed by atoms with van der Waals surface area (Å²) in [6, 6.07) is 7.12. The van der Waals surface area contributed by atoms with Crippen molar-refractivity contribution in [2.75, 3.05) is 6.61 Å². The fourth-order valence-corrected chi connectivity index (χ4v) is 5.00. The van der Waals surface area contributed by atoms with Crippen LogP contribution >= 0.6 is 7.82 Å². The van der Waals surface area contributed by atoms with Gasteiger partial charge in [-0.05, 0) is 67.0 Å². The summed E-state index contributed by atoms with van der Waals surface area (Å²) in [4.78, 5) is 17.9. The van der Waals surface area contributed by atoms with Crippen LogP contribution in [-0.2, 0) is 20.8 Å². The highest BCUT2D eigenvalue weighted by Crippen LogP contribution is 2.44. The van der Waals surface area contributed by atoms with Crippen LogP contribution in [-0.4, -0.2) is 22.5 Å². The molecule has 2 aromatic carbocycles. The number of hydrogen-bond acceptors (Lipinski definition) is 4. The van der Waals surface area contributed by atoms with Gasteiger partial charge in [-0.3, -0.25) is 4.52 Å². The molecule has 6 nitrogen and oxygen atoms in total. The Bertz CT molecular complexity index is 1030. The highest BCUT2D eigenvalue weighted by molar-refractivity contribution is 7.46. The Morgan fingerprint density at radius 2 is 1.79 bits per heavy atom. The summed E-state index contributed by atoms with van der Waals surface area (Å²) in [5, 5.41) is 0.283. The third kappa shape index (κ3) is 6.95. The molecule has 0 spiro atoms. The number of benzene rings is 2. The summed E-state index contributed by atoms with van der Waals surface area (Å²) in [6.07, 6.45) is 2.04. The fourth-order valence-electron chi connectivity index (χ4n) is 4.57. The molecule has 0 bridgehead atoms. The van der Waals surface area contributed by atoms with Gasteiger partial charge in [-0.15, -0.1) is 0 Å². The molecule has 0 heterocycles. The molecule has 0 saturated heterocycles. The van der Waals surface area contributed by atoms with E-state index in [1.165, 1.54) is 37.6 Å². The number of halogens is 3. The molecule has 1 aliphatic rings. The Hall–Kier alpha value is -1.64. The maximum atomic E-state index is 14.1. The summed E-state index contributed by atoms with van der Waals surface area (Å²) >= 11 is 0. The maximum absolute atomic E-state index is 14.1. The summed E-state index contributed by atoms with van der Waals surface area (Å²) in [5.41, 5.74) is 4.39. The van der Waals surface area contributed by atoms with Crippen molar-refractivity contribution in [3.63, 3.8) is 0 Å². The average Bonchev–Trinajstić information content (AvgIpc) is 2.75. The van der Waals surface area contributed by atoms with Crippen molar-refractivity contribution >= 4 is 18.6 Å². The van der Waals surface area contributed by atoms with Gasteiger partial charge in [0.05, 0.1) is 18.2 Å². The van der Waals surface area contributed by atoms with Gasteiger partial charge in [0.1, 0.15) is 11.3 Å². The van der Waals surface area contributed by atoms with Crippen molar-refractivity contribution in [3.05, 3.63) is 41.5 Å². The van der Waals surface area contributed by atoms with Crippen LogP contribution in [0.1, 0.15) is 69.9 Å². The first kappa shape index (κ1) is 27.0. The first-order valence-electron chi connectivity index (χ1n) is 11.6. The van der Waals surface area contributed by atoms with Crippen LogP contribution < -0.4 is 10.5 Å². The number of alkyl halides is 3. The number of hydrogen-bond donors (Lipinski definition) is 3. The van der Waals surface area contributed by atoms with Gasteiger partial charge in [-0.1, -0.05) is 44.4 Å². The first-order chi connectivity index (χ1) is 15.8. The van der Waals surface area contributed by atoms with Crippen molar-refractivity contribution < 1.29 is 36.8 Å². The third-order valence-electron chi connectivity index (χ3n) is 6.51. The Balaban J connectivity index is 1.85.